The summed E-state index contributed by atoms with van der Waals surface area (Å²) < 4.78 is 5.47. The lowest BCUT2D eigenvalue weighted by Gasteiger charge is -2.35. The molecule has 1 aliphatic carbocycles. The van der Waals surface area contributed by atoms with E-state index in [9.17, 15) is 4.79 Å². The molecule has 0 unspecified atom stereocenters. The van der Waals surface area contributed by atoms with E-state index in [-0.39, 0.29) is 11.9 Å². The number of hydrogen-bond donors (Lipinski definition) is 1. The van der Waals surface area contributed by atoms with Crippen LogP contribution in [0.15, 0.2) is 0 Å². The Hall–Kier alpha value is -0.610. The van der Waals surface area contributed by atoms with Crippen molar-refractivity contribution >= 4 is 5.91 Å². The zero-order chi connectivity index (χ0) is 12.8. The summed E-state index contributed by atoms with van der Waals surface area (Å²) in [5.74, 6) is 0.176. The van der Waals surface area contributed by atoms with E-state index < -0.39 is 0 Å². The van der Waals surface area contributed by atoms with E-state index in [0.29, 0.717) is 12.6 Å². The molecule has 0 aromatic heterocycles. The predicted octanol–water partition coefficient (Wildman–Crippen LogP) is 1.55. The number of hydrogen-bond acceptors (Lipinski definition) is 3. The number of morpholine rings is 1. The van der Waals surface area contributed by atoms with Gasteiger partial charge in [-0.05, 0) is 25.8 Å². The van der Waals surface area contributed by atoms with Gasteiger partial charge in [0.25, 0.3) is 0 Å². The average Bonchev–Trinajstić information content (AvgIpc) is 2.41. The first-order chi connectivity index (χ1) is 8.81. The van der Waals surface area contributed by atoms with Crippen LogP contribution < -0.4 is 5.32 Å². The van der Waals surface area contributed by atoms with E-state index in [1.807, 2.05) is 0 Å². The first-order valence-electron chi connectivity index (χ1n) is 7.43. The molecular weight excluding hydrogens is 228 g/mol. The maximum atomic E-state index is 12.3. The molecule has 0 spiro atoms. The lowest BCUT2D eigenvalue weighted by atomic mass is 9.95. The summed E-state index contributed by atoms with van der Waals surface area (Å²) in [4.78, 5) is 14.6. The maximum Gasteiger partial charge on any atom is 0.239 e. The molecule has 104 valence electrons. The molecule has 1 saturated carbocycles. The van der Waals surface area contributed by atoms with E-state index in [1.54, 1.807) is 0 Å². The molecule has 4 nitrogen and oxygen atoms in total. The summed E-state index contributed by atoms with van der Waals surface area (Å²) in [5.41, 5.74) is 0. The van der Waals surface area contributed by atoms with Crippen molar-refractivity contribution in [3.63, 3.8) is 0 Å². The van der Waals surface area contributed by atoms with Gasteiger partial charge in [0.15, 0.2) is 0 Å². The Labute approximate surface area is 110 Å². The normalized spacial score (nSPS) is 27.1. The second-order valence-electron chi connectivity index (χ2n) is 5.47. The lowest BCUT2D eigenvalue weighted by molar-refractivity contribution is -0.133. The number of nitrogens with one attached hydrogen (secondary N) is 1. The van der Waals surface area contributed by atoms with Gasteiger partial charge in [-0.15, -0.1) is 0 Å². The second kappa shape index (κ2) is 7.10. The number of rotatable bonds is 4. The third kappa shape index (κ3) is 3.69. The third-order valence-electron chi connectivity index (χ3n) is 4.00. The van der Waals surface area contributed by atoms with Crippen molar-refractivity contribution < 1.29 is 9.53 Å². The van der Waals surface area contributed by atoms with Crippen molar-refractivity contribution in [2.75, 3.05) is 26.3 Å². The smallest absolute Gasteiger partial charge is 0.239 e. The molecule has 1 amide bonds. The van der Waals surface area contributed by atoms with Gasteiger partial charge in [-0.3, -0.25) is 9.69 Å². The average molecular weight is 254 g/mol. The first-order valence-corrected chi connectivity index (χ1v) is 7.43. The highest BCUT2D eigenvalue weighted by Gasteiger charge is 2.30. The molecule has 0 bridgehead atoms. The van der Waals surface area contributed by atoms with Gasteiger partial charge < -0.3 is 10.1 Å². The van der Waals surface area contributed by atoms with Gasteiger partial charge >= 0.3 is 0 Å². The van der Waals surface area contributed by atoms with Crippen LogP contribution in [0.1, 0.15) is 45.4 Å². The molecule has 1 aliphatic heterocycles. The maximum absolute atomic E-state index is 12.3. The highest BCUT2D eigenvalue weighted by atomic mass is 16.5. The molecule has 1 saturated heterocycles. The summed E-state index contributed by atoms with van der Waals surface area (Å²) in [5, 5.41) is 3.22. The van der Waals surface area contributed by atoms with Crippen LogP contribution in [-0.4, -0.2) is 49.2 Å². The van der Waals surface area contributed by atoms with Crippen LogP contribution in [0.25, 0.3) is 0 Å². The highest BCUT2D eigenvalue weighted by Crippen LogP contribution is 2.18. The number of carbonyl (C=O) groups is 1. The van der Waals surface area contributed by atoms with Crippen LogP contribution in [-0.2, 0) is 9.53 Å². The molecule has 1 heterocycles. The Balaban J connectivity index is 1.84. The highest BCUT2D eigenvalue weighted by molar-refractivity contribution is 5.82. The zero-order valence-corrected chi connectivity index (χ0v) is 11.5. The van der Waals surface area contributed by atoms with Crippen LogP contribution >= 0.6 is 0 Å². The quantitative estimate of drug-likeness (QED) is 0.827. The van der Waals surface area contributed by atoms with Crippen molar-refractivity contribution in [2.24, 2.45) is 0 Å². The fourth-order valence-electron chi connectivity index (χ4n) is 2.98. The van der Waals surface area contributed by atoms with Gasteiger partial charge in [0.05, 0.1) is 13.2 Å². The van der Waals surface area contributed by atoms with Crippen molar-refractivity contribution in [1.82, 2.24) is 10.2 Å². The van der Waals surface area contributed by atoms with Gasteiger partial charge in [0.2, 0.25) is 5.91 Å². The molecule has 2 rings (SSSR count). The molecule has 1 atom stereocenters. The minimum atomic E-state index is -0.0689. The van der Waals surface area contributed by atoms with Crippen molar-refractivity contribution in [3.05, 3.63) is 0 Å². The standard InChI is InChI=1S/C14H26N2O2/c1-2-8-16-9-10-18-11-13(16)14(17)15-12-6-4-3-5-7-12/h12-13H,2-11H2,1H3,(H,15,17)/t13-/m1/s1. The number of nitrogens with zero attached hydrogens (tertiary/aromatic N) is 1. The SMILES string of the molecule is CCCN1CCOC[C@@H]1C(=O)NC1CCCCC1. The Kier molecular flexibility index (Phi) is 5.45. The fraction of sp³-hybridized carbons (Fsp3) is 0.929. The molecule has 0 aromatic carbocycles. The van der Waals surface area contributed by atoms with Gasteiger partial charge in [0, 0.05) is 12.6 Å². The lowest BCUT2D eigenvalue weighted by Crippen LogP contribution is -2.55. The van der Waals surface area contributed by atoms with Crippen LogP contribution in [0.3, 0.4) is 0 Å². The summed E-state index contributed by atoms with van der Waals surface area (Å²) in [6, 6.07) is 0.331. The van der Waals surface area contributed by atoms with Crippen molar-refractivity contribution in [1.29, 1.82) is 0 Å². The molecule has 0 radical (unpaired) electrons. The van der Waals surface area contributed by atoms with E-state index in [4.69, 9.17) is 4.74 Å². The van der Waals surface area contributed by atoms with E-state index in [2.05, 4.69) is 17.1 Å². The Morgan fingerprint density at radius 1 is 1.33 bits per heavy atom. The fourth-order valence-corrected chi connectivity index (χ4v) is 2.98. The Morgan fingerprint density at radius 2 is 2.11 bits per heavy atom. The van der Waals surface area contributed by atoms with Gasteiger partial charge in [-0.2, -0.15) is 0 Å². The molecule has 2 fully saturated rings. The van der Waals surface area contributed by atoms with Crippen molar-refractivity contribution in [3.8, 4) is 0 Å². The van der Waals surface area contributed by atoms with Gasteiger partial charge in [-0.1, -0.05) is 26.2 Å². The third-order valence-corrected chi connectivity index (χ3v) is 4.00. The van der Waals surface area contributed by atoms with Crippen LogP contribution in [0.2, 0.25) is 0 Å². The molecule has 2 aliphatic rings. The monoisotopic (exact) mass is 254 g/mol. The Bertz CT molecular complexity index is 263. The predicted molar refractivity (Wildman–Crippen MR) is 71.5 cm³/mol. The summed E-state index contributed by atoms with van der Waals surface area (Å²) >= 11 is 0. The molecular formula is C14H26N2O2. The number of carbonyl (C=O) groups excluding carboxylic acids is 1. The van der Waals surface area contributed by atoms with E-state index in [1.165, 1.54) is 19.3 Å². The summed E-state index contributed by atoms with van der Waals surface area (Å²) in [6.07, 6.45) is 7.21. The van der Waals surface area contributed by atoms with Crippen molar-refractivity contribution in [2.45, 2.75) is 57.5 Å². The molecule has 1 N–H and O–H groups in total. The number of ether oxygens (including phenoxy) is 1. The summed E-state index contributed by atoms with van der Waals surface area (Å²) in [6.45, 7) is 5.35. The molecule has 18 heavy (non-hydrogen) atoms. The Morgan fingerprint density at radius 3 is 2.83 bits per heavy atom. The van der Waals surface area contributed by atoms with Crippen LogP contribution in [0, 0.1) is 0 Å². The second-order valence-corrected chi connectivity index (χ2v) is 5.47. The van der Waals surface area contributed by atoms with E-state index >= 15 is 0 Å². The molecule has 0 aromatic rings. The van der Waals surface area contributed by atoms with Gasteiger partial charge in [-0.25, -0.2) is 0 Å². The minimum Gasteiger partial charge on any atom is -0.378 e. The van der Waals surface area contributed by atoms with Gasteiger partial charge in [0.1, 0.15) is 6.04 Å². The molecule has 4 heteroatoms. The minimum absolute atomic E-state index is 0.0689. The summed E-state index contributed by atoms with van der Waals surface area (Å²) in [7, 11) is 0. The van der Waals surface area contributed by atoms with Crippen LogP contribution in [0.5, 0.6) is 0 Å². The number of amides is 1. The van der Waals surface area contributed by atoms with E-state index in [0.717, 1.165) is 39.0 Å². The largest absolute Gasteiger partial charge is 0.378 e. The first kappa shape index (κ1) is 13.8. The van der Waals surface area contributed by atoms with Crippen LogP contribution in [0.4, 0.5) is 0 Å². The topological polar surface area (TPSA) is 41.6 Å². The zero-order valence-electron chi connectivity index (χ0n) is 11.5.